The first-order valence-electron chi connectivity index (χ1n) is 2.27. The van der Waals surface area contributed by atoms with Crippen molar-refractivity contribution in [2.75, 3.05) is 13.1 Å². The van der Waals surface area contributed by atoms with E-state index >= 15 is 0 Å². The maximum atomic E-state index is 9.18. The summed E-state index contributed by atoms with van der Waals surface area (Å²) in [7, 11) is 0. The first-order chi connectivity index (χ1) is 4.54. The molecule has 0 bridgehead atoms. The fourth-order valence-electron chi connectivity index (χ4n) is 0. The van der Waals surface area contributed by atoms with Crippen LogP contribution < -0.4 is 0 Å². The average molecular weight is 214 g/mol. The second-order valence-electron chi connectivity index (χ2n) is 1.14. The van der Waals surface area contributed by atoms with Gasteiger partial charge in [-0.1, -0.05) is 13.1 Å². The van der Waals surface area contributed by atoms with Gasteiger partial charge in [-0.15, -0.1) is 0 Å². The summed E-state index contributed by atoms with van der Waals surface area (Å²) >= 11 is 0. The van der Waals surface area contributed by atoms with Crippen LogP contribution in [0.1, 0.15) is 0 Å². The number of carbonyl (C=O) groups is 2. The monoisotopic (exact) mass is 212 g/mol. The van der Waals surface area contributed by atoms with Gasteiger partial charge in [-0.25, -0.2) is 0 Å². The van der Waals surface area contributed by atoms with Gasteiger partial charge in [0.2, 0.25) is 0 Å². The molecule has 60 valence electrons. The second kappa shape index (κ2) is 12.2. The molecule has 0 saturated carbocycles. The molecule has 0 aliphatic heterocycles. The molecule has 6 nitrogen and oxygen atoms in total. The van der Waals surface area contributed by atoms with Gasteiger partial charge in [-0.2, -0.15) is 0 Å². The Morgan fingerprint density at radius 3 is 1.09 bits per heavy atom. The van der Waals surface area contributed by atoms with Crippen LogP contribution in [0.5, 0.6) is 0 Å². The van der Waals surface area contributed by atoms with Crippen molar-refractivity contribution < 1.29 is 39.3 Å². The summed E-state index contributed by atoms with van der Waals surface area (Å²) < 4.78 is 0. The van der Waals surface area contributed by atoms with Crippen molar-refractivity contribution in [3.63, 3.8) is 0 Å². The van der Waals surface area contributed by atoms with Gasteiger partial charge in [0.05, 0.1) is 0 Å². The fraction of sp³-hybridized carbons (Fsp3) is 0.500. The third kappa shape index (κ3) is 43.8. The van der Waals surface area contributed by atoms with Crippen LogP contribution in [0.15, 0.2) is 0 Å². The molecule has 0 spiro atoms. The van der Waals surface area contributed by atoms with Crippen molar-refractivity contribution in [1.82, 2.24) is 0 Å². The molecular weight excluding hydrogens is 205 g/mol. The third-order valence-corrected chi connectivity index (χ3v) is 0.302. The summed E-state index contributed by atoms with van der Waals surface area (Å²) in [4.78, 5) is 18.4. The van der Waals surface area contributed by atoms with Crippen molar-refractivity contribution in [2.45, 2.75) is 0 Å². The number of hydrogen-bond acceptors (Lipinski definition) is 2. The normalized spacial score (nSPS) is 6.73. The number of hydrogen-bond donors (Lipinski definition) is 2. The van der Waals surface area contributed by atoms with Crippen LogP contribution in [0.2, 0.25) is 0 Å². The summed E-state index contributed by atoms with van der Waals surface area (Å²) in [5.74, 6) is -2.16. The molecule has 0 aromatic carbocycles. The molecule has 0 aliphatic carbocycles. The van der Waals surface area contributed by atoms with E-state index in [9.17, 15) is 9.59 Å². The fourth-order valence-corrected chi connectivity index (χ4v) is 0. The van der Waals surface area contributed by atoms with E-state index in [1.165, 1.54) is 0 Å². The van der Waals surface area contributed by atoms with E-state index < -0.39 is 25.0 Å². The first-order valence-corrected chi connectivity index (χ1v) is 2.27. The minimum atomic E-state index is -1.08. The smallest absolute Gasteiger partial charge is 0.668 e. The molecule has 0 saturated heterocycles. The second-order valence-corrected chi connectivity index (χ2v) is 1.14. The summed E-state index contributed by atoms with van der Waals surface area (Å²) in [6, 6.07) is 0. The zero-order valence-electron chi connectivity index (χ0n) is 5.83. The Morgan fingerprint density at radius 2 is 1.09 bits per heavy atom. The Hall–Kier alpha value is -0.517. The molecule has 0 fully saturated rings. The van der Waals surface area contributed by atoms with Crippen LogP contribution in [0.4, 0.5) is 0 Å². The number of carboxylic acid groups (broad SMARTS) is 2. The van der Waals surface area contributed by atoms with Crippen LogP contribution in [0.3, 0.4) is 0 Å². The standard InChI is InChI=1S/2C2H4NO2.Zn/c2*3-1-2(4)5;/h2*3H,1H2,(H,4,5);/q2*-1;+2. The summed E-state index contributed by atoms with van der Waals surface area (Å²) in [5, 5.41) is 15.1. The van der Waals surface area contributed by atoms with E-state index in [0.717, 1.165) is 0 Å². The molecule has 7 heteroatoms. The van der Waals surface area contributed by atoms with Crippen LogP contribution >= 0.6 is 0 Å². The Morgan fingerprint density at radius 1 is 1.00 bits per heavy atom. The molecule has 4 N–H and O–H groups in total. The van der Waals surface area contributed by atoms with Crippen molar-refractivity contribution >= 4 is 11.9 Å². The number of aliphatic carboxylic acids is 2. The first kappa shape index (κ1) is 16.8. The van der Waals surface area contributed by atoms with E-state index in [0.29, 0.717) is 0 Å². The van der Waals surface area contributed by atoms with Gasteiger partial charge in [0, 0.05) is 0 Å². The van der Waals surface area contributed by atoms with Gasteiger partial charge in [0.15, 0.2) is 0 Å². The molecule has 0 radical (unpaired) electrons. The molecule has 0 amide bonds. The molecule has 0 aromatic heterocycles. The van der Waals surface area contributed by atoms with Gasteiger partial charge in [-0.3, -0.25) is 9.59 Å². The van der Waals surface area contributed by atoms with Crippen molar-refractivity contribution in [3.8, 4) is 0 Å². The Bertz CT molecular complexity index is 105. The topological polar surface area (TPSA) is 122 Å². The summed E-state index contributed by atoms with van der Waals surface area (Å²) in [6.45, 7) is -1.06. The average Bonchev–Trinajstić information content (AvgIpc) is 1.89. The molecule has 0 heterocycles. The molecule has 11 heavy (non-hydrogen) atoms. The van der Waals surface area contributed by atoms with Crippen molar-refractivity contribution in [2.24, 2.45) is 0 Å². The number of nitrogens with one attached hydrogen (secondary N) is 2. The molecule has 0 aliphatic rings. The van der Waals surface area contributed by atoms with Crippen LogP contribution in [0, 0.1) is 0 Å². The summed E-state index contributed by atoms with van der Waals surface area (Å²) in [5.41, 5.74) is 12.1. The van der Waals surface area contributed by atoms with Crippen molar-refractivity contribution in [1.29, 1.82) is 0 Å². The van der Waals surface area contributed by atoms with Gasteiger partial charge in [-0.05, 0) is 0 Å². The Kier molecular flexibility index (Phi) is 18.7. The van der Waals surface area contributed by atoms with Gasteiger partial charge in [0.25, 0.3) is 11.9 Å². The maximum Gasteiger partial charge on any atom is 2.00 e. The minimum Gasteiger partial charge on any atom is -0.668 e. The van der Waals surface area contributed by atoms with E-state index in [4.69, 9.17) is 21.7 Å². The van der Waals surface area contributed by atoms with E-state index in [1.807, 2.05) is 0 Å². The van der Waals surface area contributed by atoms with Gasteiger partial charge in [0.1, 0.15) is 0 Å². The third-order valence-electron chi connectivity index (χ3n) is 0.302. The van der Waals surface area contributed by atoms with E-state index in [2.05, 4.69) is 0 Å². The van der Waals surface area contributed by atoms with Gasteiger partial charge < -0.3 is 21.7 Å². The molecule has 0 unspecified atom stereocenters. The number of rotatable bonds is 2. The SMILES string of the molecule is [NH-]CC(=O)O.[NH-]CC(=O)O.[Zn+2]. The molecule has 0 atom stereocenters. The zero-order valence-corrected chi connectivity index (χ0v) is 8.80. The maximum absolute atomic E-state index is 9.18. The summed E-state index contributed by atoms with van der Waals surface area (Å²) in [6.07, 6.45) is 0. The number of carboxylic acids is 2. The molecule has 0 aromatic rings. The van der Waals surface area contributed by atoms with Crippen LogP contribution in [-0.2, 0) is 29.1 Å². The van der Waals surface area contributed by atoms with E-state index in [-0.39, 0.29) is 19.5 Å². The Labute approximate surface area is 76.3 Å². The molecule has 0 rings (SSSR count). The van der Waals surface area contributed by atoms with E-state index in [1.54, 1.807) is 0 Å². The van der Waals surface area contributed by atoms with Crippen LogP contribution in [0.25, 0.3) is 11.5 Å². The zero-order chi connectivity index (χ0) is 8.57. The van der Waals surface area contributed by atoms with Crippen molar-refractivity contribution in [3.05, 3.63) is 11.5 Å². The predicted molar refractivity (Wildman–Crippen MR) is 33.6 cm³/mol. The largest absolute Gasteiger partial charge is 2.00 e. The van der Waals surface area contributed by atoms with Gasteiger partial charge >= 0.3 is 19.5 Å². The minimum absolute atomic E-state index is 0. The molecular formula is C4H8N2O4Zn. The Balaban J connectivity index is -0.000000107. The quantitative estimate of drug-likeness (QED) is 0.638. The predicted octanol–water partition coefficient (Wildman–Crippen LogP) is 0.244. The van der Waals surface area contributed by atoms with Crippen LogP contribution in [-0.4, -0.2) is 35.2 Å².